The summed E-state index contributed by atoms with van der Waals surface area (Å²) in [5.74, 6) is 1.68. The van der Waals surface area contributed by atoms with Crippen LogP contribution in [0.25, 0.3) is 0 Å². The largest absolute Gasteiger partial charge is 0.363 e. The van der Waals surface area contributed by atoms with Crippen LogP contribution in [0.15, 0.2) is 18.5 Å². The SMILES string of the molecule is Cc1cc(C)[nH]n1.Cc1cc(C)c(C)[nH]1.Cc1n[nH]c(C)n1.c1nn[nH]n1. The van der Waals surface area contributed by atoms with Crippen LogP contribution in [-0.4, -0.2) is 51.0 Å². The monoisotopic (exact) mass is 372 g/mol. The first kappa shape index (κ1) is 21.7. The second-order valence-corrected chi connectivity index (χ2v) is 5.98. The number of aromatic amines is 4. The Morgan fingerprint density at radius 1 is 0.815 bits per heavy atom. The van der Waals surface area contributed by atoms with Crippen LogP contribution < -0.4 is 0 Å². The summed E-state index contributed by atoms with van der Waals surface area (Å²) < 4.78 is 0. The van der Waals surface area contributed by atoms with E-state index in [0.717, 1.165) is 23.0 Å². The van der Waals surface area contributed by atoms with Crippen molar-refractivity contribution in [2.45, 2.75) is 48.5 Å². The Labute approximate surface area is 158 Å². The standard InChI is InChI=1S/C7H11N.C5H8N2.C4H7N3.CH2N4/c1-5-4-6(2)8-7(5)3;1-4-3-5(2)7-6-4;1-3-5-4(2)7-6-3;1-2-4-5-3-1/h4,8H,1-3H3;3H,1-2H3,(H,6,7);1-2H3,(H,5,6,7);1H,(H,2,3,4,5). The number of aromatic nitrogens is 10. The average molecular weight is 372 g/mol. The summed E-state index contributed by atoms with van der Waals surface area (Å²) in [7, 11) is 0. The van der Waals surface area contributed by atoms with Crippen LogP contribution in [0, 0.1) is 48.5 Å². The molecule has 0 saturated carbocycles. The van der Waals surface area contributed by atoms with Crippen LogP contribution in [0.1, 0.15) is 40.0 Å². The lowest BCUT2D eigenvalue weighted by molar-refractivity contribution is 0.881. The first-order valence-corrected chi connectivity index (χ1v) is 8.41. The molecule has 0 spiro atoms. The van der Waals surface area contributed by atoms with E-state index in [9.17, 15) is 0 Å². The number of aryl methyl sites for hydroxylation is 7. The van der Waals surface area contributed by atoms with Gasteiger partial charge in [-0.3, -0.25) is 10.2 Å². The zero-order chi connectivity index (χ0) is 20.2. The summed E-state index contributed by atoms with van der Waals surface area (Å²) in [6, 6.07) is 4.15. The highest BCUT2D eigenvalue weighted by Gasteiger charge is 1.92. The molecule has 0 amide bonds. The molecule has 10 nitrogen and oxygen atoms in total. The van der Waals surface area contributed by atoms with Crippen LogP contribution in [0.3, 0.4) is 0 Å². The van der Waals surface area contributed by atoms with Crippen LogP contribution in [0.5, 0.6) is 0 Å². The Kier molecular flexibility index (Phi) is 9.13. The number of nitrogens with zero attached hydrogens (tertiary/aromatic N) is 6. The van der Waals surface area contributed by atoms with Gasteiger partial charge >= 0.3 is 0 Å². The van der Waals surface area contributed by atoms with Crippen molar-refractivity contribution in [3.05, 3.63) is 58.4 Å². The van der Waals surface area contributed by atoms with Crippen LogP contribution >= 0.6 is 0 Å². The maximum absolute atomic E-state index is 3.94. The molecule has 27 heavy (non-hydrogen) atoms. The fraction of sp³-hybridized carbons (Fsp3) is 0.412. The van der Waals surface area contributed by atoms with Crippen LogP contribution in [-0.2, 0) is 0 Å². The molecular weight excluding hydrogens is 344 g/mol. The minimum atomic E-state index is 0.803. The van der Waals surface area contributed by atoms with E-state index in [1.54, 1.807) is 0 Å². The number of hydrogen-bond acceptors (Lipinski definition) is 6. The van der Waals surface area contributed by atoms with E-state index in [-0.39, 0.29) is 0 Å². The van der Waals surface area contributed by atoms with Gasteiger partial charge < -0.3 is 4.98 Å². The molecule has 4 N–H and O–H groups in total. The summed E-state index contributed by atoms with van der Waals surface area (Å²) in [6.45, 7) is 13.9. The molecule has 4 aromatic rings. The summed E-state index contributed by atoms with van der Waals surface area (Å²) in [4.78, 5) is 7.15. The Balaban J connectivity index is 0.000000182. The summed E-state index contributed by atoms with van der Waals surface area (Å²) in [6.07, 6.45) is 1.33. The minimum absolute atomic E-state index is 0.803. The smallest absolute Gasteiger partial charge is 0.161 e. The first-order chi connectivity index (χ1) is 12.8. The lowest BCUT2D eigenvalue weighted by atomic mass is 10.3. The minimum Gasteiger partial charge on any atom is -0.363 e. The molecule has 4 heterocycles. The predicted molar refractivity (Wildman–Crippen MR) is 103 cm³/mol. The van der Waals surface area contributed by atoms with E-state index >= 15 is 0 Å². The molecule has 0 atom stereocenters. The molecular formula is C17H28N10. The van der Waals surface area contributed by atoms with Crippen molar-refractivity contribution >= 4 is 0 Å². The van der Waals surface area contributed by atoms with Crippen molar-refractivity contribution in [2.75, 3.05) is 0 Å². The fourth-order valence-corrected chi connectivity index (χ4v) is 2.00. The van der Waals surface area contributed by atoms with Gasteiger partial charge in [-0.05, 0) is 66.2 Å². The van der Waals surface area contributed by atoms with E-state index in [1.807, 2.05) is 33.8 Å². The number of H-pyrrole nitrogens is 4. The van der Waals surface area contributed by atoms with E-state index in [4.69, 9.17) is 0 Å². The quantitative estimate of drug-likeness (QED) is 0.374. The first-order valence-electron chi connectivity index (χ1n) is 8.41. The van der Waals surface area contributed by atoms with E-state index in [1.165, 1.54) is 23.3 Å². The van der Waals surface area contributed by atoms with Crippen molar-refractivity contribution in [1.29, 1.82) is 0 Å². The van der Waals surface area contributed by atoms with E-state index < -0.39 is 0 Å². The van der Waals surface area contributed by atoms with Crippen LogP contribution in [0.2, 0.25) is 0 Å². The number of tetrazole rings is 1. The molecule has 0 aromatic carbocycles. The molecule has 0 aliphatic heterocycles. The summed E-state index contributed by atoms with van der Waals surface area (Å²) in [5.41, 5.74) is 6.06. The molecule has 10 heteroatoms. The van der Waals surface area contributed by atoms with E-state index in [0.29, 0.717) is 0 Å². The molecule has 0 radical (unpaired) electrons. The van der Waals surface area contributed by atoms with Crippen molar-refractivity contribution in [2.24, 2.45) is 0 Å². The lowest BCUT2D eigenvalue weighted by Gasteiger charge is -1.82. The van der Waals surface area contributed by atoms with Crippen molar-refractivity contribution in [3.8, 4) is 0 Å². The highest BCUT2D eigenvalue weighted by Crippen LogP contribution is 2.05. The maximum atomic E-state index is 3.94. The molecule has 4 rings (SSSR count). The molecule has 0 aliphatic rings. The van der Waals surface area contributed by atoms with Gasteiger partial charge in [-0.1, -0.05) is 5.21 Å². The Morgan fingerprint density at radius 3 is 1.70 bits per heavy atom. The van der Waals surface area contributed by atoms with Gasteiger partial charge in [0.2, 0.25) is 0 Å². The second-order valence-electron chi connectivity index (χ2n) is 5.98. The third-order valence-corrected chi connectivity index (χ3v) is 3.22. The Hall–Kier alpha value is -3.30. The second kappa shape index (κ2) is 11.3. The number of rotatable bonds is 0. The highest BCUT2D eigenvalue weighted by molar-refractivity contribution is 5.21. The normalized spacial score (nSPS) is 9.30. The number of hydrogen-bond donors (Lipinski definition) is 4. The average Bonchev–Trinajstić information content (AvgIpc) is 3.37. The topological polar surface area (TPSA) is 140 Å². The molecule has 0 saturated heterocycles. The summed E-state index contributed by atoms with van der Waals surface area (Å²) >= 11 is 0. The van der Waals surface area contributed by atoms with Gasteiger partial charge in [-0.15, -0.1) is 10.2 Å². The molecule has 0 aliphatic carbocycles. The van der Waals surface area contributed by atoms with Gasteiger partial charge in [0.15, 0.2) is 6.33 Å². The van der Waals surface area contributed by atoms with Gasteiger partial charge in [0.25, 0.3) is 0 Å². The van der Waals surface area contributed by atoms with Gasteiger partial charge in [-0.25, -0.2) is 4.98 Å². The zero-order valence-corrected chi connectivity index (χ0v) is 16.9. The van der Waals surface area contributed by atoms with Gasteiger partial charge in [0, 0.05) is 17.1 Å². The van der Waals surface area contributed by atoms with Crippen molar-refractivity contribution in [3.63, 3.8) is 0 Å². The lowest BCUT2D eigenvalue weighted by Crippen LogP contribution is -1.71. The zero-order valence-electron chi connectivity index (χ0n) is 16.9. The highest BCUT2D eigenvalue weighted by atomic mass is 15.5. The van der Waals surface area contributed by atoms with E-state index in [2.05, 4.69) is 77.8 Å². The predicted octanol–water partition coefficient (Wildman–Crippen LogP) is 2.59. The van der Waals surface area contributed by atoms with Crippen LogP contribution in [0.4, 0.5) is 0 Å². The molecule has 0 unspecified atom stereocenters. The Morgan fingerprint density at radius 2 is 1.56 bits per heavy atom. The summed E-state index contributed by atoms with van der Waals surface area (Å²) in [5, 5.41) is 25.4. The van der Waals surface area contributed by atoms with Gasteiger partial charge in [0.1, 0.15) is 11.6 Å². The third kappa shape index (κ3) is 9.68. The van der Waals surface area contributed by atoms with Gasteiger partial charge in [0.05, 0.1) is 5.69 Å². The maximum Gasteiger partial charge on any atom is 0.161 e. The number of nitrogens with one attached hydrogen (secondary N) is 4. The van der Waals surface area contributed by atoms with Crippen molar-refractivity contribution in [1.82, 2.24) is 51.0 Å². The molecule has 0 fully saturated rings. The third-order valence-electron chi connectivity index (χ3n) is 3.22. The van der Waals surface area contributed by atoms with Gasteiger partial charge in [-0.2, -0.15) is 15.4 Å². The molecule has 4 aromatic heterocycles. The molecule has 146 valence electrons. The fourth-order valence-electron chi connectivity index (χ4n) is 2.00. The molecule has 0 bridgehead atoms. The van der Waals surface area contributed by atoms with Crippen molar-refractivity contribution < 1.29 is 0 Å². The Bertz CT molecular complexity index is 761.